The molecule has 0 radical (unpaired) electrons. The number of sulfone groups is 2. The van der Waals surface area contributed by atoms with Crippen molar-refractivity contribution >= 4 is 31.4 Å². The number of hydrogen-bond acceptors (Lipinski definition) is 9. The van der Waals surface area contributed by atoms with Crippen molar-refractivity contribution in [3.8, 4) is 5.75 Å². The molecule has 1 fully saturated rings. The summed E-state index contributed by atoms with van der Waals surface area (Å²) in [5.74, 6) is -0.136. The number of benzene rings is 1. The van der Waals surface area contributed by atoms with Crippen LogP contribution in [0.5, 0.6) is 5.75 Å². The normalized spacial score (nSPS) is 21.5. The topological polar surface area (TPSA) is 145 Å². The van der Waals surface area contributed by atoms with E-state index < -0.39 is 48.7 Å². The van der Waals surface area contributed by atoms with Gasteiger partial charge in [0.25, 0.3) is 0 Å². The smallest absolute Gasteiger partial charge is 0.242 e. The molecular weight excluding hydrogens is 446 g/mol. The number of aromatic nitrogens is 1. The second-order valence-electron chi connectivity index (χ2n) is 7.60. The number of anilines is 1. The van der Waals surface area contributed by atoms with E-state index >= 15 is 0 Å². The Labute approximate surface area is 181 Å². The number of nitrogens with one attached hydrogen (secondary N) is 2. The maximum absolute atomic E-state index is 13.3. The van der Waals surface area contributed by atoms with E-state index in [0.29, 0.717) is 17.1 Å². The van der Waals surface area contributed by atoms with Gasteiger partial charge in [0, 0.05) is 12.1 Å². The van der Waals surface area contributed by atoms with E-state index in [0.717, 1.165) is 0 Å². The molecule has 2 aromatic rings. The Morgan fingerprint density at radius 1 is 1.26 bits per heavy atom. The van der Waals surface area contributed by atoms with E-state index in [2.05, 4.69) is 15.8 Å². The van der Waals surface area contributed by atoms with E-state index in [1.165, 1.54) is 38.3 Å². The van der Waals surface area contributed by atoms with E-state index in [9.17, 15) is 21.6 Å². The lowest BCUT2D eigenvalue weighted by Gasteiger charge is -2.23. The fraction of sp³-hybridized carbons (Fsp3) is 0.474. The van der Waals surface area contributed by atoms with Gasteiger partial charge in [-0.25, -0.2) is 16.8 Å². The van der Waals surface area contributed by atoms with Gasteiger partial charge in [-0.3, -0.25) is 4.79 Å². The third kappa shape index (κ3) is 5.08. The van der Waals surface area contributed by atoms with Crippen molar-refractivity contribution in [1.29, 1.82) is 0 Å². The summed E-state index contributed by atoms with van der Waals surface area (Å²) in [5, 5.41) is 7.86. The van der Waals surface area contributed by atoms with Gasteiger partial charge in [-0.05, 0) is 44.5 Å². The van der Waals surface area contributed by atoms with Crippen LogP contribution in [0, 0.1) is 13.8 Å². The molecule has 1 aromatic carbocycles. The number of amides is 1. The number of ether oxygens (including phenoxy) is 1. The second-order valence-corrected chi connectivity index (χ2v) is 11.9. The SMILES string of the molecule is COc1ccc(S(=O)(=O)[C@H]2CS(=O)(=O)C[C@@H]2N[C@@H](C)C(=O)Nc2cc(C)on2)cc1C. The van der Waals surface area contributed by atoms with Crippen LogP contribution in [0.2, 0.25) is 0 Å². The second kappa shape index (κ2) is 8.60. The molecule has 1 aliphatic heterocycles. The lowest BCUT2D eigenvalue weighted by atomic mass is 10.2. The van der Waals surface area contributed by atoms with Crippen molar-refractivity contribution in [2.75, 3.05) is 23.9 Å². The highest BCUT2D eigenvalue weighted by atomic mass is 32.2. The van der Waals surface area contributed by atoms with Crippen LogP contribution in [0.3, 0.4) is 0 Å². The zero-order valence-corrected chi connectivity index (χ0v) is 19.2. The first kappa shape index (κ1) is 23.2. The van der Waals surface area contributed by atoms with Crippen LogP contribution in [0.4, 0.5) is 5.82 Å². The summed E-state index contributed by atoms with van der Waals surface area (Å²) < 4.78 is 61.2. The molecule has 170 valence electrons. The van der Waals surface area contributed by atoms with Crippen LogP contribution in [0.15, 0.2) is 33.7 Å². The van der Waals surface area contributed by atoms with E-state index in [-0.39, 0.29) is 16.5 Å². The molecule has 2 heterocycles. The van der Waals surface area contributed by atoms with Crippen LogP contribution in [0.25, 0.3) is 0 Å². The van der Waals surface area contributed by atoms with Gasteiger partial charge in [-0.2, -0.15) is 0 Å². The number of carbonyl (C=O) groups excluding carboxylic acids is 1. The number of methoxy groups -OCH3 is 1. The van der Waals surface area contributed by atoms with Crippen molar-refractivity contribution in [2.24, 2.45) is 0 Å². The lowest BCUT2D eigenvalue weighted by Crippen LogP contribution is -2.50. The molecule has 0 aliphatic carbocycles. The average Bonchev–Trinajstić information content (AvgIpc) is 3.23. The molecule has 3 rings (SSSR count). The van der Waals surface area contributed by atoms with E-state index in [4.69, 9.17) is 9.26 Å². The zero-order valence-electron chi connectivity index (χ0n) is 17.6. The maximum atomic E-state index is 13.3. The summed E-state index contributed by atoms with van der Waals surface area (Å²) in [6, 6.07) is 4.10. The van der Waals surface area contributed by atoms with Gasteiger partial charge in [-0.15, -0.1) is 0 Å². The van der Waals surface area contributed by atoms with Gasteiger partial charge in [0.15, 0.2) is 25.5 Å². The highest BCUT2D eigenvalue weighted by Crippen LogP contribution is 2.29. The Morgan fingerprint density at radius 2 is 1.97 bits per heavy atom. The minimum Gasteiger partial charge on any atom is -0.496 e. The van der Waals surface area contributed by atoms with E-state index in [1.54, 1.807) is 13.8 Å². The summed E-state index contributed by atoms with van der Waals surface area (Å²) in [6.07, 6.45) is 0. The van der Waals surface area contributed by atoms with Crippen molar-refractivity contribution in [3.05, 3.63) is 35.6 Å². The molecule has 31 heavy (non-hydrogen) atoms. The quantitative estimate of drug-likeness (QED) is 0.600. The van der Waals surface area contributed by atoms with Gasteiger partial charge < -0.3 is 19.9 Å². The Morgan fingerprint density at radius 3 is 2.55 bits per heavy atom. The summed E-state index contributed by atoms with van der Waals surface area (Å²) in [6.45, 7) is 4.90. The Balaban J connectivity index is 1.82. The lowest BCUT2D eigenvalue weighted by molar-refractivity contribution is -0.118. The zero-order chi connectivity index (χ0) is 23.0. The van der Waals surface area contributed by atoms with Crippen molar-refractivity contribution < 1.29 is 30.9 Å². The number of hydrogen-bond donors (Lipinski definition) is 2. The predicted octanol–water partition coefficient (Wildman–Crippen LogP) is 0.856. The number of rotatable bonds is 7. The molecule has 1 aromatic heterocycles. The highest BCUT2D eigenvalue weighted by Gasteiger charge is 2.46. The van der Waals surface area contributed by atoms with Gasteiger partial charge in [0.2, 0.25) is 5.91 Å². The summed E-state index contributed by atoms with van der Waals surface area (Å²) >= 11 is 0. The Bertz CT molecular complexity index is 1190. The molecule has 3 atom stereocenters. The van der Waals surface area contributed by atoms with Gasteiger partial charge in [0.1, 0.15) is 11.5 Å². The third-order valence-corrected chi connectivity index (χ3v) is 9.28. The van der Waals surface area contributed by atoms with Crippen LogP contribution >= 0.6 is 0 Å². The predicted molar refractivity (Wildman–Crippen MR) is 114 cm³/mol. The van der Waals surface area contributed by atoms with E-state index in [1.807, 2.05) is 0 Å². The van der Waals surface area contributed by atoms with Crippen LogP contribution in [-0.4, -0.2) is 63.8 Å². The summed E-state index contributed by atoms with van der Waals surface area (Å²) in [5.41, 5.74) is 0.615. The third-order valence-electron chi connectivity index (χ3n) is 5.13. The van der Waals surface area contributed by atoms with Crippen molar-refractivity contribution in [2.45, 2.75) is 43.0 Å². The molecule has 1 amide bonds. The minimum atomic E-state index is -3.99. The fourth-order valence-electron chi connectivity index (χ4n) is 3.54. The first-order valence-corrected chi connectivity index (χ1v) is 12.9. The first-order chi connectivity index (χ1) is 14.4. The van der Waals surface area contributed by atoms with Crippen LogP contribution in [-0.2, 0) is 24.5 Å². The average molecular weight is 472 g/mol. The van der Waals surface area contributed by atoms with Gasteiger partial charge in [0.05, 0.1) is 34.8 Å². The van der Waals surface area contributed by atoms with Gasteiger partial charge >= 0.3 is 0 Å². The highest BCUT2D eigenvalue weighted by molar-refractivity contribution is 7.96. The summed E-state index contributed by atoms with van der Waals surface area (Å²) in [7, 11) is -6.12. The standard InChI is InChI=1S/C19H25N3O7S2/c1-11-7-14(5-6-16(11)28-4)31(26,27)17-10-30(24,25)9-15(17)20-13(3)19(23)21-18-8-12(2)29-22-18/h5-8,13,15,17,20H,9-10H2,1-4H3,(H,21,22,23)/t13-,15-,17-/m0/s1. The van der Waals surface area contributed by atoms with Crippen molar-refractivity contribution in [3.63, 3.8) is 0 Å². The number of aryl methyl sites for hydroxylation is 2. The molecule has 0 saturated carbocycles. The number of carbonyl (C=O) groups is 1. The molecule has 2 N–H and O–H groups in total. The molecule has 10 nitrogen and oxygen atoms in total. The summed E-state index contributed by atoms with van der Waals surface area (Å²) in [4.78, 5) is 12.5. The molecule has 12 heteroatoms. The Hall–Kier alpha value is -2.44. The Kier molecular flexibility index (Phi) is 6.44. The van der Waals surface area contributed by atoms with Gasteiger partial charge in [-0.1, -0.05) is 5.16 Å². The fourth-order valence-corrected chi connectivity index (χ4v) is 8.30. The molecule has 0 unspecified atom stereocenters. The largest absolute Gasteiger partial charge is 0.496 e. The minimum absolute atomic E-state index is 0.00915. The first-order valence-electron chi connectivity index (χ1n) is 9.52. The molecule has 0 bridgehead atoms. The maximum Gasteiger partial charge on any atom is 0.242 e. The molecule has 0 spiro atoms. The van der Waals surface area contributed by atoms with Crippen LogP contribution < -0.4 is 15.4 Å². The number of nitrogens with zero attached hydrogens (tertiary/aromatic N) is 1. The molecular formula is C19H25N3O7S2. The molecule has 1 aliphatic rings. The van der Waals surface area contributed by atoms with Crippen LogP contribution in [0.1, 0.15) is 18.2 Å². The van der Waals surface area contributed by atoms with Crippen molar-refractivity contribution in [1.82, 2.24) is 10.5 Å². The monoisotopic (exact) mass is 471 g/mol. The molecule has 1 saturated heterocycles.